The third-order valence-corrected chi connectivity index (χ3v) is 6.77. The van der Waals surface area contributed by atoms with E-state index in [-0.39, 0.29) is 12.1 Å². The molecule has 0 saturated carbocycles. The Labute approximate surface area is 166 Å². The van der Waals surface area contributed by atoms with Crippen molar-refractivity contribution < 1.29 is 9.21 Å². The number of thiophene rings is 1. The maximum Gasteiger partial charge on any atom is 0.256 e. The molecule has 0 bridgehead atoms. The second-order valence-corrected chi connectivity index (χ2v) is 8.86. The van der Waals surface area contributed by atoms with Crippen LogP contribution in [0.5, 0.6) is 0 Å². The molecule has 1 aliphatic heterocycles. The minimum Gasteiger partial charge on any atom is -0.457 e. The van der Waals surface area contributed by atoms with Crippen LogP contribution in [0.1, 0.15) is 46.1 Å². The molecule has 2 atom stereocenters. The summed E-state index contributed by atoms with van der Waals surface area (Å²) < 4.78 is 6.02. The normalized spacial score (nSPS) is 21.2. The van der Waals surface area contributed by atoms with Gasteiger partial charge in [-0.15, -0.1) is 11.3 Å². The highest BCUT2D eigenvalue weighted by Crippen LogP contribution is 2.42. The summed E-state index contributed by atoms with van der Waals surface area (Å²) in [6.45, 7) is 2.28. The summed E-state index contributed by atoms with van der Waals surface area (Å²) in [5.41, 5.74) is 3.02. The lowest BCUT2D eigenvalue weighted by Crippen LogP contribution is -2.38. The topological polar surface area (TPSA) is 54.3 Å². The number of rotatable bonds is 2. The largest absolute Gasteiger partial charge is 0.457 e. The molecule has 3 aromatic rings. The van der Waals surface area contributed by atoms with E-state index >= 15 is 0 Å². The van der Waals surface area contributed by atoms with Crippen molar-refractivity contribution in [3.8, 4) is 11.3 Å². The minimum absolute atomic E-state index is 0.00903. The lowest BCUT2D eigenvalue weighted by atomic mass is 9.88. The maximum absolute atomic E-state index is 12.8. The summed E-state index contributed by atoms with van der Waals surface area (Å²) >= 11 is 7.68. The van der Waals surface area contributed by atoms with E-state index in [1.807, 2.05) is 36.4 Å². The van der Waals surface area contributed by atoms with E-state index in [1.54, 1.807) is 11.3 Å². The third-order valence-electron chi connectivity index (χ3n) is 5.33. The Kier molecular flexibility index (Phi) is 4.02. The van der Waals surface area contributed by atoms with Gasteiger partial charge < -0.3 is 15.1 Å². The molecular formula is C21H19ClN2O2S. The molecule has 1 aromatic carbocycles. The monoisotopic (exact) mass is 398 g/mol. The van der Waals surface area contributed by atoms with E-state index in [0.29, 0.717) is 16.7 Å². The van der Waals surface area contributed by atoms with E-state index in [9.17, 15) is 4.79 Å². The second-order valence-electron chi connectivity index (χ2n) is 7.32. The number of anilines is 1. The van der Waals surface area contributed by atoms with Crippen LogP contribution in [0.3, 0.4) is 0 Å². The van der Waals surface area contributed by atoms with Gasteiger partial charge in [0.15, 0.2) is 6.17 Å². The van der Waals surface area contributed by atoms with Crippen molar-refractivity contribution in [1.29, 1.82) is 0 Å². The van der Waals surface area contributed by atoms with E-state index in [0.717, 1.165) is 41.2 Å². The molecule has 27 heavy (non-hydrogen) atoms. The molecule has 138 valence electrons. The number of carbonyl (C=O) groups excluding carboxylic acids is 1. The number of amides is 1. The average molecular weight is 399 g/mol. The number of nitrogens with one attached hydrogen (secondary N) is 2. The molecule has 5 rings (SSSR count). The minimum atomic E-state index is -0.358. The Hall–Kier alpha value is -2.24. The van der Waals surface area contributed by atoms with Gasteiger partial charge in [0.25, 0.3) is 5.91 Å². The number of furan rings is 1. The van der Waals surface area contributed by atoms with E-state index < -0.39 is 0 Å². The molecule has 4 nitrogen and oxygen atoms in total. The van der Waals surface area contributed by atoms with Gasteiger partial charge in [0, 0.05) is 15.5 Å². The van der Waals surface area contributed by atoms with Crippen LogP contribution >= 0.6 is 22.9 Å². The van der Waals surface area contributed by atoms with Crippen molar-refractivity contribution in [1.82, 2.24) is 5.32 Å². The number of hydrogen-bond acceptors (Lipinski definition) is 4. The molecule has 0 spiro atoms. The lowest BCUT2D eigenvalue weighted by Gasteiger charge is -2.25. The molecule has 1 amide bonds. The average Bonchev–Trinajstić information content (AvgIpc) is 3.26. The summed E-state index contributed by atoms with van der Waals surface area (Å²) in [7, 11) is 0. The van der Waals surface area contributed by atoms with Crippen LogP contribution in [0.2, 0.25) is 5.02 Å². The van der Waals surface area contributed by atoms with E-state index in [4.69, 9.17) is 16.0 Å². The predicted octanol–water partition coefficient (Wildman–Crippen LogP) is 5.64. The number of carbonyl (C=O) groups is 1. The van der Waals surface area contributed by atoms with Gasteiger partial charge in [-0.1, -0.05) is 18.5 Å². The fourth-order valence-electron chi connectivity index (χ4n) is 3.88. The first-order chi connectivity index (χ1) is 13.1. The van der Waals surface area contributed by atoms with Crippen LogP contribution in [0.25, 0.3) is 11.3 Å². The van der Waals surface area contributed by atoms with Gasteiger partial charge in [0.2, 0.25) is 0 Å². The molecule has 2 aromatic heterocycles. The summed E-state index contributed by atoms with van der Waals surface area (Å²) in [4.78, 5) is 14.1. The van der Waals surface area contributed by atoms with Crippen LogP contribution < -0.4 is 10.6 Å². The number of halogens is 1. The van der Waals surface area contributed by atoms with Gasteiger partial charge in [-0.3, -0.25) is 4.79 Å². The molecule has 0 unspecified atom stereocenters. The summed E-state index contributed by atoms with van der Waals surface area (Å²) in [5.74, 6) is 2.12. The summed E-state index contributed by atoms with van der Waals surface area (Å²) in [5, 5.41) is 8.17. The highest BCUT2D eigenvalue weighted by molar-refractivity contribution is 7.16. The highest BCUT2D eigenvalue weighted by atomic mass is 35.5. The standard InChI is InChI=1S/C21H19ClN2O2S/c1-11-2-7-14-17(10-11)27-21-18(14)20(25)23-19(24-21)16-9-8-15(26-16)12-3-5-13(22)6-4-12/h3-6,8-9,11,19,24H,2,7,10H2,1H3,(H,23,25)/t11-,19+/m1/s1. The van der Waals surface area contributed by atoms with Crippen LogP contribution in [0, 0.1) is 5.92 Å². The Morgan fingerprint density at radius 1 is 1.15 bits per heavy atom. The number of hydrogen-bond donors (Lipinski definition) is 2. The Balaban J connectivity index is 1.44. The van der Waals surface area contributed by atoms with Crippen LogP contribution in [0.4, 0.5) is 5.00 Å². The van der Waals surface area contributed by atoms with Crippen LogP contribution in [-0.4, -0.2) is 5.91 Å². The van der Waals surface area contributed by atoms with Crippen molar-refractivity contribution in [2.45, 2.75) is 32.4 Å². The smallest absolute Gasteiger partial charge is 0.256 e. The fraction of sp³-hybridized carbons (Fsp3) is 0.286. The highest BCUT2D eigenvalue weighted by Gasteiger charge is 2.34. The zero-order chi connectivity index (χ0) is 18.5. The van der Waals surface area contributed by atoms with Gasteiger partial charge in [-0.25, -0.2) is 0 Å². The molecule has 0 fully saturated rings. The third kappa shape index (κ3) is 2.95. The molecule has 3 heterocycles. The summed E-state index contributed by atoms with van der Waals surface area (Å²) in [6, 6.07) is 11.3. The quantitative estimate of drug-likeness (QED) is 0.587. The van der Waals surface area contributed by atoms with Gasteiger partial charge in [0.05, 0.1) is 5.56 Å². The van der Waals surface area contributed by atoms with Crippen molar-refractivity contribution in [3.63, 3.8) is 0 Å². The molecule has 1 aliphatic carbocycles. The van der Waals surface area contributed by atoms with Crippen molar-refractivity contribution in [2.24, 2.45) is 5.92 Å². The molecular weight excluding hydrogens is 380 g/mol. The first-order valence-corrected chi connectivity index (χ1v) is 10.4. The van der Waals surface area contributed by atoms with E-state index in [2.05, 4.69) is 17.6 Å². The maximum atomic E-state index is 12.8. The lowest BCUT2D eigenvalue weighted by molar-refractivity contribution is 0.0930. The molecule has 2 N–H and O–H groups in total. The van der Waals surface area contributed by atoms with E-state index in [1.165, 1.54) is 10.4 Å². The summed E-state index contributed by atoms with van der Waals surface area (Å²) in [6.07, 6.45) is 2.84. The SMILES string of the molecule is C[C@@H]1CCc2c(sc3c2C(=O)N[C@H](c2ccc(-c4ccc(Cl)cc4)o2)N3)C1. The van der Waals surface area contributed by atoms with Crippen molar-refractivity contribution in [3.05, 3.63) is 63.2 Å². The molecule has 0 saturated heterocycles. The van der Waals surface area contributed by atoms with Crippen molar-refractivity contribution in [2.75, 3.05) is 5.32 Å². The molecule has 0 radical (unpaired) electrons. The first-order valence-electron chi connectivity index (χ1n) is 9.16. The van der Waals surface area contributed by atoms with Crippen LogP contribution in [0.15, 0.2) is 40.8 Å². The van der Waals surface area contributed by atoms with Gasteiger partial charge in [-0.2, -0.15) is 0 Å². The predicted molar refractivity (Wildman–Crippen MR) is 108 cm³/mol. The van der Waals surface area contributed by atoms with Gasteiger partial charge in [0.1, 0.15) is 16.5 Å². The van der Waals surface area contributed by atoms with Crippen LogP contribution in [-0.2, 0) is 12.8 Å². The fourth-order valence-corrected chi connectivity index (χ4v) is 5.44. The zero-order valence-corrected chi connectivity index (χ0v) is 16.4. The zero-order valence-electron chi connectivity index (χ0n) is 14.8. The second kappa shape index (κ2) is 6.43. The Morgan fingerprint density at radius 3 is 2.78 bits per heavy atom. The Morgan fingerprint density at radius 2 is 1.96 bits per heavy atom. The molecule has 6 heteroatoms. The number of fused-ring (bicyclic) bond motifs is 3. The van der Waals surface area contributed by atoms with Gasteiger partial charge >= 0.3 is 0 Å². The number of benzene rings is 1. The first kappa shape index (κ1) is 16.9. The Bertz CT molecular complexity index is 1020. The molecule has 2 aliphatic rings. The van der Waals surface area contributed by atoms with Gasteiger partial charge in [-0.05, 0) is 67.1 Å². The van der Waals surface area contributed by atoms with Crippen molar-refractivity contribution >= 4 is 33.8 Å².